The molecule has 2 fully saturated rings. The molecular formula is C47H53N18O11P. The second-order valence-electron chi connectivity index (χ2n) is 16.1. The number of anilines is 2. The van der Waals surface area contributed by atoms with Crippen molar-refractivity contribution >= 4 is 60.2 Å². The number of carboxylic acid groups (broad SMARTS) is 1. The third-order valence-corrected chi connectivity index (χ3v) is 12.2. The van der Waals surface area contributed by atoms with Gasteiger partial charge in [-0.2, -0.15) is 0 Å². The SMILES string of the molecule is CCN(CC)CC.CC[C@H]1O[C@@H](n2cnc3c(NC(=O)c4ccccc4)ncnc32)[C@H](O[P+](=O)O)[C@@H]1N=[N+]=[N-].[N-]=[N+]=N[C@H]1[C@@H](OC(=O)[O-])[C@H](n2cnc3c(NC(=O)c4ccccc4)ncnc32)O[C@@H]1CO.c1ccncc1. The fourth-order valence-electron chi connectivity index (χ4n) is 8.01. The van der Waals surface area contributed by atoms with Crippen LogP contribution < -0.4 is 15.7 Å². The van der Waals surface area contributed by atoms with E-state index in [9.17, 15) is 34.1 Å². The first kappa shape index (κ1) is 57.7. The molecule has 9 atom stereocenters. The number of amides is 2. The fourth-order valence-corrected chi connectivity index (χ4v) is 8.45. The van der Waals surface area contributed by atoms with Gasteiger partial charge >= 0.3 is 8.25 Å². The minimum Gasteiger partial charge on any atom is -0.541 e. The molecule has 2 aliphatic rings. The van der Waals surface area contributed by atoms with Crippen molar-refractivity contribution in [1.82, 2.24) is 48.9 Å². The Labute approximate surface area is 439 Å². The van der Waals surface area contributed by atoms with Crippen molar-refractivity contribution in [3.8, 4) is 0 Å². The van der Waals surface area contributed by atoms with E-state index in [-0.39, 0.29) is 34.2 Å². The molecule has 2 aliphatic heterocycles. The van der Waals surface area contributed by atoms with Crippen molar-refractivity contribution in [3.05, 3.63) is 149 Å². The fraction of sp³-hybridized carbons (Fsp3) is 0.362. The van der Waals surface area contributed by atoms with Crippen LogP contribution in [0.5, 0.6) is 0 Å². The van der Waals surface area contributed by atoms with Crippen LogP contribution in [0.25, 0.3) is 43.2 Å². The van der Waals surface area contributed by atoms with E-state index in [0.717, 1.165) is 0 Å². The largest absolute Gasteiger partial charge is 0.695 e. The van der Waals surface area contributed by atoms with Crippen molar-refractivity contribution in [1.29, 1.82) is 0 Å². The molecule has 77 heavy (non-hydrogen) atoms. The number of hydrogen-bond acceptors (Lipinski definition) is 20. The van der Waals surface area contributed by atoms with Crippen LogP contribution >= 0.6 is 8.25 Å². The summed E-state index contributed by atoms with van der Waals surface area (Å²) in [5.74, 6) is -0.488. The lowest BCUT2D eigenvalue weighted by atomic mass is 10.1. The summed E-state index contributed by atoms with van der Waals surface area (Å²) in [4.78, 5) is 82.1. The molecule has 0 aliphatic carbocycles. The van der Waals surface area contributed by atoms with Crippen LogP contribution in [0.15, 0.2) is 127 Å². The van der Waals surface area contributed by atoms with E-state index in [4.69, 9.17) is 29.8 Å². The molecule has 5 aromatic heterocycles. The molecule has 2 aromatic carbocycles. The molecule has 7 heterocycles. The number of imidazole rings is 2. The Balaban J connectivity index is 0.000000202. The summed E-state index contributed by atoms with van der Waals surface area (Å²) in [6.07, 6.45) is 1.09. The average Bonchev–Trinajstić information content (AvgIpc) is 4.27. The molecule has 1 unspecified atom stereocenters. The highest BCUT2D eigenvalue weighted by Crippen LogP contribution is 2.41. The van der Waals surface area contributed by atoms with E-state index in [1.54, 1.807) is 73.1 Å². The van der Waals surface area contributed by atoms with Crippen molar-refractivity contribution in [3.63, 3.8) is 0 Å². The van der Waals surface area contributed by atoms with Gasteiger partial charge in [0.25, 0.3) is 18.0 Å². The van der Waals surface area contributed by atoms with Crippen LogP contribution in [0.2, 0.25) is 0 Å². The Morgan fingerprint density at radius 1 is 0.714 bits per heavy atom. The number of nitrogens with zero attached hydrogens (tertiary/aromatic N) is 16. The van der Waals surface area contributed by atoms with Crippen molar-refractivity contribution in [2.45, 2.75) is 83.1 Å². The molecule has 2 saturated heterocycles. The average molecular weight is 1080 g/mol. The van der Waals surface area contributed by atoms with E-state index in [2.05, 4.69) is 91.2 Å². The number of aliphatic hydroxyl groups is 1. The lowest BCUT2D eigenvalue weighted by Crippen LogP contribution is -2.39. The Morgan fingerprint density at radius 2 is 1.17 bits per heavy atom. The second kappa shape index (κ2) is 28.9. The van der Waals surface area contributed by atoms with Gasteiger partial charge in [0.15, 0.2) is 52.5 Å². The van der Waals surface area contributed by atoms with Crippen molar-refractivity contribution in [2.75, 3.05) is 36.9 Å². The van der Waals surface area contributed by atoms with Crippen molar-refractivity contribution < 1.29 is 52.8 Å². The Bertz CT molecular complexity index is 2930. The number of aliphatic hydroxyl groups excluding tert-OH is 1. The van der Waals surface area contributed by atoms with Gasteiger partial charge in [-0.15, -0.1) is 9.42 Å². The minimum atomic E-state index is -3.00. The number of nitrogens with one attached hydrogen (secondary N) is 2. The van der Waals surface area contributed by atoms with E-state index < -0.39 is 75.9 Å². The standard InChI is InChI=1S/C18H16N8O6.C18H17N8O5P.C6H15N.C5H5N/c19-25-24-11-10(6-27)31-17(13(11)32-18(29)30)26-8-22-12-14(20-7-21-15(12)26)23-16(28)9-4-2-1-3-5-9;1-2-11-12(24-25-19)14(31-32(28)29)18(30-11)26-9-22-13-15(20-8-21-16(13)26)23-17(27)10-6-4-3-5-7-10;1-4-7(5-2)6-3;1-2-4-6-5-3-1/h1-5,7-8,10-11,13,17,27H,6H2,(H,29,30)(H,20,21,23,28);3-9,11-12,14,18H,2H2,1H3,(H-,20,21,23,27,28,29);4-6H2,1-3H3;1-5H/t10-,11-,13-,17-;11-,12-,14-,18-;;/m11../s1. The number of pyridine rings is 1. The van der Waals surface area contributed by atoms with Crippen LogP contribution in [0, 0.1) is 0 Å². The van der Waals surface area contributed by atoms with Gasteiger partial charge in [-0.3, -0.25) is 23.7 Å². The number of carbonyl (C=O) groups is 3. The third kappa shape index (κ3) is 14.8. The molecule has 0 radical (unpaired) electrons. The van der Waals surface area contributed by atoms with Gasteiger partial charge in [0.2, 0.25) is 0 Å². The number of fused-ring (bicyclic) bond motifs is 2. The smallest absolute Gasteiger partial charge is 0.541 e. The normalized spacial score (nSPS) is 20.4. The predicted molar refractivity (Wildman–Crippen MR) is 273 cm³/mol. The number of azide groups is 2. The van der Waals surface area contributed by atoms with E-state index in [0.29, 0.717) is 23.2 Å². The van der Waals surface area contributed by atoms with Gasteiger partial charge in [-0.1, -0.05) is 80.4 Å². The first-order chi connectivity index (χ1) is 37.4. The predicted octanol–water partition coefficient (Wildman–Crippen LogP) is 5.91. The number of carbonyl (C=O) groups excluding carboxylic acids is 3. The molecule has 0 bridgehead atoms. The van der Waals surface area contributed by atoms with Gasteiger partial charge in [-0.25, -0.2) is 29.9 Å². The van der Waals surface area contributed by atoms with Gasteiger partial charge < -0.3 is 44.8 Å². The number of hydrogen-bond donors (Lipinski definition) is 4. The maximum Gasteiger partial charge on any atom is 0.695 e. The van der Waals surface area contributed by atoms with E-state index in [1.165, 1.54) is 54.1 Å². The maximum absolute atomic E-state index is 12.5. The van der Waals surface area contributed by atoms with Crippen LogP contribution in [0.3, 0.4) is 0 Å². The monoisotopic (exact) mass is 1080 g/mol. The van der Waals surface area contributed by atoms with Gasteiger partial charge in [0.1, 0.15) is 12.7 Å². The van der Waals surface area contributed by atoms with Crippen LogP contribution in [-0.4, -0.2) is 140 Å². The second-order valence-corrected chi connectivity index (χ2v) is 16.8. The summed E-state index contributed by atoms with van der Waals surface area (Å²) in [5, 5.41) is 33.2. The highest BCUT2D eigenvalue weighted by molar-refractivity contribution is 7.32. The lowest BCUT2D eigenvalue weighted by molar-refractivity contribution is -0.290. The molecule has 0 spiro atoms. The van der Waals surface area contributed by atoms with Crippen LogP contribution in [-0.2, 0) is 23.3 Å². The number of benzene rings is 2. The molecule has 29 nitrogen and oxygen atoms in total. The molecule has 402 valence electrons. The summed E-state index contributed by atoms with van der Waals surface area (Å²) in [6.45, 7) is 11.4. The van der Waals surface area contributed by atoms with Crippen LogP contribution in [0.4, 0.5) is 16.4 Å². The van der Waals surface area contributed by atoms with E-state index >= 15 is 0 Å². The Hall–Kier alpha value is -8.62. The Kier molecular flexibility index (Phi) is 21.6. The van der Waals surface area contributed by atoms with Crippen LogP contribution in [0.1, 0.15) is 67.3 Å². The molecule has 2 amide bonds. The highest BCUT2D eigenvalue weighted by atomic mass is 31.1. The molecular weight excluding hydrogens is 1020 g/mol. The molecule has 4 N–H and O–H groups in total. The minimum absolute atomic E-state index is 0.114. The lowest BCUT2D eigenvalue weighted by Gasteiger charge is -2.26. The zero-order chi connectivity index (χ0) is 55.3. The molecule has 0 saturated carbocycles. The summed E-state index contributed by atoms with van der Waals surface area (Å²) < 4.78 is 35.9. The highest BCUT2D eigenvalue weighted by Gasteiger charge is 2.50. The maximum atomic E-state index is 12.5. The summed E-state index contributed by atoms with van der Waals surface area (Å²) in [6, 6.07) is 20.8. The number of aromatic nitrogens is 9. The van der Waals surface area contributed by atoms with E-state index in [1.807, 2.05) is 25.1 Å². The summed E-state index contributed by atoms with van der Waals surface area (Å²) in [5.41, 5.74) is 19.6. The Morgan fingerprint density at radius 3 is 1.55 bits per heavy atom. The summed E-state index contributed by atoms with van der Waals surface area (Å²) >= 11 is 0. The molecule has 30 heteroatoms. The topological polar surface area (TPSA) is 394 Å². The molecule has 7 aromatic rings. The molecule has 9 rings (SSSR count). The quantitative estimate of drug-likeness (QED) is 0.0287. The zero-order valence-electron chi connectivity index (χ0n) is 41.8. The number of rotatable bonds is 16. The van der Waals surface area contributed by atoms with Gasteiger partial charge in [-0.05, 0) is 73.5 Å². The van der Waals surface area contributed by atoms with Crippen molar-refractivity contribution in [2.24, 2.45) is 10.2 Å². The third-order valence-electron chi connectivity index (χ3n) is 11.7. The zero-order valence-corrected chi connectivity index (χ0v) is 42.7. The van der Waals surface area contributed by atoms with Gasteiger partial charge in [0, 0.05) is 37.9 Å². The summed E-state index contributed by atoms with van der Waals surface area (Å²) in [7, 11) is -3.00. The first-order valence-electron chi connectivity index (χ1n) is 23.8. The first-order valence-corrected chi connectivity index (χ1v) is 24.9. The van der Waals surface area contributed by atoms with Gasteiger partial charge in [0.05, 0.1) is 49.7 Å². The number of ether oxygens (including phenoxy) is 3.